The average molecular weight is 452 g/mol. The van der Waals surface area contributed by atoms with Crippen LogP contribution in [0.1, 0.15) is 39.9 Å². The van der Waals surface area contributed by atoms with Gasteiger partial charge in [0.1, 0.15) is 5.82 Å². The van der Waals surface area contributed by atoms with E-state index in [2.05, 4.69) is 33.4 Å². The molecule has 0 saturated carbocycles. The summed E-state index contributed by atoms with van der Waals surface area (Å²) < 4.78 is 14.2. The highest BCUT2D eigenvalue weighted by atomic mass is 19.1. The standard InChI is InChI=1S/C25H29FN4O.CH5N/c1-5-17(9-10-28-2)25-23(18-8-6-7-16(11-18)14-30(3)4)24(27)22-19(15-31)12-20(26)13-21(22)29-25;1-2/h5-13,15,23,25,27-29H,14H2,1-4H3;2H2,1H3/b10-9-,17-5+,27-24?;. The number of hydrogen-bond donors (Lipinski definition) is 4. The third kappa shape index (κ3) is 5.94. The van der Waals surface area contributed by atoms with Crippen molar-refractivity contribution in [3.05, 3.63) is 88.4 Å². The lowest BCUT2D eigenvalue weighted by Gasteiger charge is -2.37. The fraction of sp³-hybridized carbons (Fsp3) is 0.308. The fourth-order valence-corrected chi connectivity index (χ4v) is 4.15. The third-order valence-corrected chi connectivity index (χ3v) is 5.43. The average Bonchev–Trinajstić information content (AvgIpc) is 2.80. The summed E-state index contributed by atoms with van der Waals surface area (Å²) in [5.74, 6) is -0.842. The van der Waals surface area contributed by atoms with Gasteiger partial charge in [0, 0.05) is 30.4 Å². The van der Waals surface area contributed by atoms with Crippen molar-refractivity contribution in [1.82, 2.24) is 10.2 Å². The topological polar surface area (TPSA) is 94.2 Å². The van der Waals surface area contributed by atoms with Crippen LogP contribution in [0.2, 0.25) is 0 Å². The van der Waals surface area contributed by atoms with Gasteiger partial charge in [0.25, 0.3) is 0 Å². The number of nitrogens with zero attached hydrogens (tertiary/aromatic N) is 1. The van der Waals surface area contributed by atoms with Gasteiger partial charge in [-0.2, -0.15) is 0 Å². The van der Waals surface area contributed by atoms with Gasteiger partial charge in [-0.15, -0.1) is 0 Å². The lowest BCUT2D eigenvalue weighted by atomic mass is 9.76. The number of nitrogens with one attached hydrogen (secondary N) is 3. The summed E-state index contributed by atoms with van der Waals surface area (Å²) in [4.78, 5) is 13.8. The molecule has 0 amide bonds. The first-order valence-electron chi connectivity index (χ1n) is 10.8. The minimum absolute atomic E-state index is 0.188. The van der Waals surface area contributed by atoms with Crippen LogP contribution in [0.15, 0.2) is 60.3 Å². The summed E-state index contributed by atoms with van der Waals surface area (Å²) in [5.41, 5.74) is 9.00. The first kappa shape index (κ1) is 26.0. The largest absolute Gasteiger partial charge is 0.394 e. The van der Waals surface area contributed by atoms with Crippen molar-refractivity contribution in [1.29, 1.82) is 5.41 Å². The molecular formula is C26H34FN5O. The SMILES string of the molecule is C/C=C(\C=C/NC)C1Nc2cc(F)cc(C=O)c2C(=N)C1c1cccc(CN(C)C)c1.CN. The Labute approximate surface area is 195 Å². The van der Waals surface area contributed by atoms with Gasteiger partial charge >= 0.3 is 0 Å². The summed E-state index contributed by atoms with van der Waals surface area (Å²) >= 11 is 0. The number of hydrogen-bond acceptors (Lipinski definition) is 6. The van der Waals surface area contributed by atoms with Gasteiger partial charge < -0.3 is 26.7 Å². The van der Waals surface area contributed by atoms with Crippen molar-refractivity contribution in [2.24, 2.45) is 5.73 Å². The second-order valence-corrected chi connectivity index (χ2v) is 7.94. The number of allylic oxidation sites excluding steroid dienone is 1. The first-order chi connectivity index (χ1) is 15.9. The number of carbonyl (C=O) groups excluding carboxylic acids is 1. The molecule has 0 saturated heterocycles. The predicted molar refractivity (Wildman–Crippen MR) is 135 cm³/mol. The molecule has 2 aromatic rings. The molecule has 0 spiro atoms. The highest BCUT2D eigenvalue weighted by molar-refractivity contribution is 6.14. The van der Waals surface area contributed by atoms with E-state index in [4.69, 9.17) is 5.41 Å². The summed E-state index contributed by atoms with van der Waals surface area (Å²) in [6.07, 6.45) is 6.39. The molecule has 1 aliphatic rings. The van der Waals surface area contributed by atoms with Crippen molar-refractivity contribution in [2.75, 3.05) is 33.5 Å². The number of aldehydes is 1. The van der Waals surface area contributed by atoms with E-state index in [1.165, 1.54) is 19.2 Å². The normalized spacial score (nSPS) is 17.8. The summed E-state index contributed by atoms with van der Waals surface area (Å²) in [6, 6.07) is 10.4. The monoisotopic (exact) mass is 451 g/mol. The predicted octanol–water partition coefficient (Wildman–Crippen LogP) is 3.90. The van der Waals surface area contributed by atoms with Gasteiger partial charge in [-0.25, -0.2) is 4.39 Å². The Hall–Kier alpha value is -3.29. The van der Waals surface area contributed by atoms with Gasteiger partial charge in [0.15, 0.2) is 6.29 Å². The molecule has 3 rings (SSSR count). The van der Waals surface area contributed by atoms with Crippen LogP contribution in [0.5, 0.6) is 0 Å². The molecular weight excluding hydrogens is 417 g/mol. The molecule has 1 heterocycles. The van der Waals surface area contributed by atoms with Gasteiger partial charge in [0.2, 0.25) is 0 Å². The third-order valence-electron chi connectivity index (χ3n) is 5.43. The second kappa shape index (κ2) is 12.1. The Balaban J connectivity index is 0.00000187. The molecule has 0 aliphatic carbocycles. The maximum Gasteiger partial charge on any atom is 0.150 e. The Morgan fingerprint density at radius 3 is 2.61 bits per heavy atom. The van der Waals surface area contributed by atoms with E-state index < -0.39 is 5.82 Å². The van der Waals surface area contributed by atoms with Crippen LogP contribution in [0.25, 0.3) is 0 Å². The van der Waals surface area contributed by atoms with Crippen molar-refractivity contribution in [3.8, 4) is 0 Å². The van der Waals surface area contributed by atoms with E-state index in [-0.39, 0.29) is 17.5 Å². The van der Waals surface area contributed by atoms with Crippen molar-refractivity contribution < 1.29 is 9.18 Å². The van der Waals surface area contributed by atoms with Gasteiger partial charge in [0.05, 0.1) is 17.7 Å². The highest BCUT2D eigenvalue weighted by Crippen LogP contribution is 2.39. The molecule has 1 aliphatic heterocycles. The van der Waals surface area contributed by atoms with E-state index in [1.54, 1.807) is 0 Å². The molecule has 176 valence electrons. The van der Waals surface area contributed by atoms with Crippen LogP contribution in [0.4, 0.5) is 10.1 Å². The molecule has 0 aromatic heterocycles. The van der Waals surface area contributed by atoms with Crippen LogP contribution in [0, 0.1) is 11.2 Å². The van der Waals surface area contributed by atoms with E-state index >= 15 is 0 Å². The van der Waals surface area contributed by atoms with Crippen molar-refractivity contribution >= 4 is 17.7 Å². The Bertz CT molecular complexity index is 1040. The molecule has 5 N–H and O–H groups in total. The maximum absolute atomic E-state index is 14.2. The Morgan fingerprint density at radius 1 is 1.27 bits per heavy atom. The van der Waals surface area contributed by atoms with Gasteiger partial charge in [-0.1, -0.05) is 30.3 Å². The lowest BCUT2D eigenvalue weighted by Crippen LogP contribution is -2.39. The van der Waals surface area contributed by atoms with E-state index in [0.717, 1.165) is 23.2 Å². The number of halogens is 1. The van der Waals surface area contributed by atoms with E-state index in [9.17, 15) is 9.18 Å². The second-order valence-electron chi connectivity index (χ2n) is 7.94. The summed E-state index contributed by atoms with van der Waals surface area (Å²) in [7, 11) is 7.35. The Kier molecular flexibility index (Phi) is 9.51. The summed E-state index contributed by atoms with van der Waals surface area (Å²) in [5, 5.41) is 15.5. The molecule has 2 unspecified atom stereocenters. The number of carbonyl (C=O) groups is 1. The minimum Gasteiger partial charge on any atom is -0.394 e. The molecule has 0 radical (unpaired) electrons. The zero-order valence-electron chi connectivity index (χ0n) is 19.9. The molecule has 2 atom stereocenters. The van der Waals surface area contributed by atoms with Crippen LogP contribution in [-0.4, -0.2) is 51.1 Å². The van der Waals surface area contributed by atoms with Crippen molar-refractivity contribution in [3.63, 3.8) is 0 Å². The zero-order valence-corrected chi connectivity index (χ0v) is 19.9. The fourth-order valence-electron chi connectivity index (χ4n) is 4.15. The maximum atomic E-state index is 14.2. The van der Waals surface area contributed by atoms with Gasteiger partial charge in [-0.3, -0.25) is 4.79 Å². The Morgan fingerprint density at radius 2 is 2.00 bits per heavy atom. The molecule has 0 fully saturated rings. The van der Waals surface area contributed by atoms with Crippen molar-refractivity contribution in [2.45, 2.75) is 25.4 Å². The summed E-state index contributed by atoms with van der Waals surface area (Å²) in [6.45, 7) is 2.72. The molecule has 33 heavy (non-hydrogen) atoms. The van der Waals surface area contributed by atoms with Crippen LogP contribution >= 0.6 is 0 Å². The number of fused-ring (bicyclic) bond motifs is 1. The van der Waals surface area contributed by atoms with Gasteiger partial charge in [-0.05, 0) is 69.2 Å². The van der Waals surface area contributed by atoms with E-state index in [1.807, 2.05) is 58.6 Å². The van der Waals surface area contributed by atoms with E-state index in [0.29, 0.717) is 23.2 Å². The van der Waals surface area contributed by atoms with Crippen LogP contribution in [0.3, 0.4) is 0 Å². The minimum atomic E-state index is -0.501. The van der Waals surface area contributed by atoms with Crippen LogP contribution < -0.4 is 16.4 Å². The quantitative estimate of drug-likeness (QED) is 0.378. The van der Waals surface area contributed by atoms with Crippen LogP contribution in [-0.2, 0) is 6.54 Å². The lowest BCUT2D eigenvalue weighted by molar-refractivity contribution is 0.112. The smallest absolute Gasteiger partial charge is 0.150 e. The number of anilines is 1. The molecule has 6 nitrogen and oxygen atoms in total. The molecule has 0 bridgehead atoms. The number of nitrogens with two attached hydrogens (primary N) is 1. The molecule has 2 aromatic carbocycles. The number of rotatable bonds is 7. The zero-order chi connectivity index (χ0) is 24.5. The highest BCUT2D eigenvalue weighted by Gasteiger charge is 2.37. The first-order valence-corrected chi connectivity index (χ1v) is 10.8. The molecule has 7 heteroatoms. The number of benzene rings is 2.